The van der Waals surface area contributed by atoms with Crippen LogP contribution in [0.2, 0.25) is 0 Å². The Hall–Kier alpha value is -3.26. The first-order valence-electron chi connectivity index (χ1n) is 9.40. The van der Waals surface area contributed by atoms with Crippen LogP contribution in [0.15, 0.2) is 0 Å². The molecule has 0 saturated carbocycles. The van der Waals surface area contributed by atoms with Gasteiger partial charge in [-0.3, -0.25) is 24.0 Å². The summed E-state index contributed by atoms with van der Waals surface area (Å²) in [6.45, 7) is 2.56. The van der Waals surface area contributed by atoms with E-state index >= 15 is 0 Å². The highest BCUT2D eigenvalue weighted by molar-refractivity contribution is 5.97. The van der Waals surface area contributed by atoms with E-state index in [0.29, 0.717) is 6.42 Å². The number of hydrogen-bond acceptors (Lipinski definition) is 8. The average Bonchev–Trinajstić information content (AvgIpc) is 2.68. The van der Waals surface area contributed by atoms with Gasteiger partial charge >= 0.3 is 5.97 Å². The van der Waals surface area contributed by atoms with Crippen molar-refractivity contribution >= 4 is 35.5 Å². The number of nitrogens with two attached hydrogens (primary N) is 3. The predicted octanol–water partition coefficient (Wildman–Crippen LogP) is -4.36. The van der Waals surface area contributed by atoms with Crippen molar-refractivity contribution in [3.05, 3.63) is 0 Å². The van der Waals surface area contributed by atoms with Gasteiger partial charge in [0.15, 0.2) is 0 Å². The number of aliphatic carboxylic acids is 1. The Labute approximate surface area is 178 Å². The fourth-order valence-electron chi connectivity index (χ4n) is 2.39. The number of nitrogens with one attached hydrogen (secondary N) is 3. The average molecular weight is 446 g/mol. The molecule has 0 bridgehead atoms. The van der Waals surface area contributed by atoms with Crippen molar-refractivity contribution in [1.82, 2.24) is 16.0 Å². The molecule has 0 aromatic rings. The van der Waals surface area contributed by atoms with E-state index in [1.807, 2.05) is 0 Å². The lowest BCUT2D eigenvalue weighted by molar-refractivity contribution is -0.144. The maximum atomic E-state index is 12.5. The maximum absolute atomic E-state index is 12.5. The summed E-state index contributed by atoms with van der Waals surface area (Å²) in [4.78, 5) is 71.0. The van der Waals surface area contributed by atoms with E-state index in [1.54, 1.807) is 13.8 Å². The van der Waals surface area contributed by atoms with Crippen molar-refractivity contribution in [3.63, 3.8) is 0 Å². The molecule has 0 aliphatic rings. The van der Waals surface area contributed by atoms with Crippen LogP contribution in [0.1, 0.15) is 33.1 Å². The van der Waals surface area contributed by atoms with Crippen LogP contribution in [0.4, 0.5) is 0 Å². The van der Waals surface area contributed by atoms with Crippen LogP contribution in [0.3, 0.4) is 0 Å². The normalized spacial score (nSPS) is 15.5. The minimum absolute atomic E-state index is 0.419. The Morgan fingerprint density at radius 1 is 0.839 bits per heavy atom. The molecule has 5 atom stereocenters. The fourth-order valence-corrected chi connectivity index (χ4v) is 2.39. The van der Waals surface area contributed by atoms with Crippen LogP contribution in [-0.2, 0) is 28.8 Å². The topological polar surface area (TPSA) is 257 Å². The number of primary amides is 2. The Kier molecular flexibility index (Phi) is 11.7. The molecule has 11 N–H and O–H groups in total. The Morgan fingerprint density at radius 3 is 1.61 bits per heavy atom. The molecule has 0 fully saturated rings. The molecule has 14 nitrogen and oxygen atoms in total. The Bertz CT molecular complexity index is 700. The van der Waals surface area contributed by atoms with E-state index in [4.69, 9.17) is 22.3 Å². The number of carbonyl (C=O) groups excluding carboxylic acids is 5. The molecule has 0 radical (unpaired) electrons. The van der Waals surface area contributed by atoms with Gasteiger partial charge in [0.2, 0.25) is 29.5 Å². The number of rotatable bonds is 14. The number of carbonyl (C=O) groups is 6. The van der Waals surface area contributed by atoms with Crippen molar-refractivity contribution in [3.8, 4) is 0 Å². The third-order valence-electron chi connectivity index (χ3n) is 4.39. The van der Waals surface area contributed by atoms with Gasteiger partial charge in [0.05, 0.1) is 19.4 Å². The van der Waals surface area contributed by atoms with Crippen LogP contribution in [0, 0.1) is 5.92 Å². The zero-order chi connectivity index (χ0) is 24.3. The van der Waals surface area contributed by atoms with Gasteiger partial charge in [-0.2, -0.15) is 0 Å². The highest BCUT2D eigenvalue weighted by atomic mass is 16.4. The first-order valence-corrected chi connectivity index (χ1v) is 9.40. The second-order valence-corrected chi connectivity index (χ2v) is 6.96. The van der Waals surface area contributed by atoms with E-state index < -0.39 is 85.0 Å². The highest BCUT2D eigenvalue weighted by Crippen LogP contribution is 2.09. The number of aliphatic hydroxyl groups is 1. The second kappa shape index (κ2) is 13.1. The molecule has 0 heterocycles. The first kappa shape index (κ1) is 27.7. The van der Waals surface area contributed by atoms with Gasteiger partial charge in [-0.1, -0.05) is 20.3 Å². The SMILES string of the molecule is CCC(C)C(NC(=O)C(CC(N)=O)NC(=O)C(CC(N)=O)NC(=O)C(N)CO)C(=O)O. The van der Waals surface area contributed by atoms with Gasteiger partial charge in [-0.25, -0.2) is 4.79 Å². The second-order valence-electron chi connectivity index (χ2n) is 6.96. The molecule has 0 aliphatic heterocycles. The Morgan fingerprint density at radius 2 is 1.26 bits per heavy atom. The number of hydrogen-bond donors (Lipinski definition) is 8. The summed E-state index contributed by atoms with van der Waals surface area (Å²) >= 11 is 0. The minimum Gasteiger partial charge on any atom is -0.480 e. The van der Waals surface area contributed by atoms with Crippen LogP contribution in [0.5, 0.6) is 0 Å². The summed E-state index contributed by atoms with van der Waals surface area (Å²) in [5.74, 6) is -6.78. The van der Waals surface area contributed by atoms with Crippen LogP contribution < -0.4 is 33.2 Å². The molecule has 5 unspecified atom stereocenters. The number of aliphatic hydroxyl groups excluding tert-OH is 1. The molecule has 31 heavy (non-hydrogen) atoms. The van der Waals surface area contributed by atoms with Crippen LogP contribution in [0.25, 0.3) is 0 Å². The standard InChI is InChI=1S/C17H30N6O8/c1-3-7(2)13(17(30)31)23-16(29)10(5-12(20)26)22-15(28)9(4-11(19)25)21-14(27)8(18)6-24/h7-10,13,24H,3-6,18H2,1-2H3,(H2,19,25)(H2,20,26)(H,21,27)(H,22,28)(H,23,29)(H,30,31). The molecule has 0 rings (SSSR count). The maximum Gasteiger partial charge on any atom is 0.326 e. The summed E-state index contributed by atoms with van der Waals surface area (Å²) in [5.41, 5.74) is 15.5. The van der Waals surface area contributed by atoms with E-state index in [0.717, 1.165) is 0 Å². The van der Waals surface area contributed by atoms with Crippen molar-refractivity contribution in [2.24, 2.45) is 23.1 Å². The molecular weight excluding hydrogens is 416 g/mol. The molecule has 0 spiro atoms. The van der Waals surface area contributed by atoms with Crippen LogP contribution >= 0.6 is 0 Å². The first-order chi connectivity index (χ1) is 14.3. The van der Waals surface area contributed by atoms with Gasteiger partial charge in [-0.05, 0) is 5.92 Å². The van der Waals surface area contributed by atoms with Crippen molar-refractivity contribution in [1.29, 1.82) is 0 Å². The molecule has 14 heteroatoms. The monoisotopic (exact) mass is 446 g/mol. The lowest BCUT2D eigenvalue weighted by atomic mass is 9.98. The third-order valence-corrected chi connectivity index (χ3v) is 4.39. The lowest BCUT2D eigenvalue weighted by Crippen LogP contribution is -2.59. The summed E-state index contributed by atoms with van der Waals surface area (Å²) in [7, 11) is 0. The van der Waals surface area contributed by atoms with E-state index in [-0.39, 0.29) is 0 Å². The van der Waals surface area contributed by atoms with Gasteiger partial charge in [0.25, 0.3) is 0 Å². The van der Waals surface area contributed by atoms with Crippen LogP contribution in [-0.4, -0.2) is 76.5 Å². The van der Waals surface area contributed by atoms with E-state index in [9.17, 15) is 33.9 Å². The fraction of sp³-hybridized carbons (Fsp3) is 0.647. The summed E-state index contributed by atoms with van der Waals surface area (Å²) in [6.07, 6.45) is -0.940. The largest absolute Gasteiger partial charge is 0.480 e. The molecular formula is C17H30N6O8. The van der Waals surface area contributed by atoms with Gasteiger partial charge in [0.1, 0.15) is 24.2 Å². The molecule has 0 aromatic carbocycles. The summed E-state index contributed by atoms with van der Waals surface area (Å²) < 4.78 is 0. The third kappa shape index (κ3) is 9.86. The molecule has 0 aromatic heterocycles. The number of amides is 5. The molecule has 5 amide bonds. The van der Waals surface area contributed by atoms with E-state index in [2.05, 4.69) is 16.0 Å². The van der Waals surface area contributed by atoms with Gasteiger partial charge in [0, 0.05) is 0 Å². The van der Waals surface area contributed by atoms with Crippen molar-refractivity contribution in [2.45, 2.75) is 57.3 Å². The highest BCUT2D eigenvalue weighted by Gasteiger charge is 2.33. The molecule has 176 valence electrons. The zero-order valence-corrected chi connectivity index (χ0v) is 17.3. The molecule has 0 aliphatic carbocycles. The summed E-state index contributed by atoms with van der Waals surface area (Å²) in [6, 6.07) is -5.85. The van der Waals surface area contributed by atoms with Gasteiger partial charge in [-0.15, -0.1) is 0 Å². The lowest BCUT2D eigenvalue weighted by Gasteiger charge is -2.25. The number of carboxylic acids is 1. The minimum atomic E-state index is -1.59. The zero-order valence-electron chi connectivity index (χ0n) is 17.3. The van der Waals surface area contributed by atoms with Gasteiger partial charge < -0.3 is 43.4 Å². The molecule has 0 saturated heterocycles. The smallest absolute Gasteiger partial charge is 0.326 e. The van der Waals surface area contributed by atoms with Crippen molar-refractivity contribution < 1.29 is 39.0 Å². The van der Waals surface area contributed by atoms with E-state index in [1.165, 1.54) is 0 Å². The number of carboxylic acid groups (broad SMARTS) is 1. The Balaban J connectivity index is 5.56. The quantitative estimate of drug-likeness (QED) is 0.128. The summed E-state index contributed by atoms with van der Waals surface area (Å²) in [5, 5.41) is 24.7. The predicted molar refractivity (Wildman–Crippen MR) is 106 cm³/mol. The van der Waals surface area contributed by atoms with Crippen molar-refractivity contribution in [2.75, 3.05) is 6.61 Å².